The van der Waals surface area contributed by atoms with Crippen molar-refractivity contribution in [2.45, 2.75) is 63.1 Å². The fraction of sp³-hybridized carbons (Fsp3) is 0.882. The molecule has 4 saturated carbocycles. The van der Waals surface area contributed by atoms with Gasteiger partial charge in [0.2, 0.25) is 5.89 Å². The highest BCUT2D eigenvalue weighted by atomic mass is 16.7. The molecule has 0 N–H and O–H groups in total. The average molecular weight is 304 g/mol. The molecule has 4 bridgehead atoms. The van der Waals surface area contributed by atoms with Crippen LogP contribution in [-0.4, -0.2) is 29.6 Å². The smallest absolute Gasteiger partial charge is 0.231 e. The molecular formula is C17H24N2O3. The molecular weight excluding hydrogens is 280 g/mol. The number of hydrogen-bond donors (Lipinski definition) is 0. The van der Waals surface area contributed by atoms with Gasteiger partial charge < -0.3 is 14.0 Å². The molecule has 0 amide bonds. The van der Waals surface area contributed by atoms with Gasteiger partial charge in [-0.05, 0) is 62.7 Å². The topological polar surface area (TPSA) is 57.4 Å². The average Bonchev–Trinajstić information content (AvgIpc) is 2.96. The number of ether oxygens (including phenoxy) is 2. The molecule has 6 rings (SSSR count). The molecule has 2 heterocycles. The molecule has 0 atom stereocenters. The largest absolute Gasteiger partial charge is 0.352 e. The number of rotatable bonds is 3. The van der Waals surface area contributed by atoms with Crippen molar-refractivity contribution in [1.29, 1.82) is 0 Å². The first-order chi connectivity index (χ1) is 10.8. The Labute approximate surface area is 130 Å². The van der Waals surface area contributed by atoms with Crippen LogP contribution in [0.1, 0.15) is 56.7 Å². The van der Waals surface area contributed by atoms with Crippen molar-refractivity contribution in [3.05, 3.63) is 11.7 Å². The standard InChI is InChI=1S/C17H24N2O3/c1-2-20-15(21-3-1)7-14-18-16(19-22-14)17-8-11-4-12(9-17)6-13(5-11)10-17/h11-13,15H,1-10H2. The summed E-state index contributed by atoms with van der Waals surface area (Å²) in [5.41, 5.74) is 0.213. The van der Waals surface area contributed by atoms with Gasteiger partial charge in [-0.15, -0.1) is 0 Å². The van der Waals surface area contributed by atoms with Crippen LogP contribution in [0, 0.1) is 17.8 Å². The minimum atomic E-state index is -0.210. The summed E-state index contributed by atoms with van der Waals surface area (Å²) in [6.07, 6.45) is 9.48. The molecule has 4 aliphatic carbocycles. The van der Waals surface area contributed by atoms with E-state index >= 15 is 0 Å². The summed E-state index contributed by atoms with van der Waals surface area (Å²) in [6, 6.07) is 0. The van der Waals surface area contributed by atoms with Crippen LogP contribution in [0.2, 0.25) is 0 Å². The van der Waals surface area contributed by atoms with Gasteiger partial charge in [0.15, 0.2) is 12.1 Å². The van der Waals surface area contributed by atoms with Crippen LogP contribution in [0.15, 0.2) is 4.52 Å². The monoisotopic (exact) mass is 304 g/mol. The third-order valence-electron chi connectivity index (χ3n) is 6.22. The van der Waals surface area contributed by atoms with Gasteiger partial charge in [-0.2, -0.15) is 4.98 Å². The predicted molar refractivity (Wildman–Crippen MR) is 78.2 cm³/mol. The van der Waals surface area contributed by atoms with Crippen LogP contribution >= 0.6 is 0 Å². The Morgan fingerprint density at radius 2 is 1.59 bits per heavy atom. The van der Waals surface area contributed by atoms with Gasteiger partial charge in [0, 0.05) is 5.41 Å². The zero-order valence-electron chi connectivity index (χ0n) is 13.0. The Bertz CT molecular complexity index is 515. The van der Waals surface area contributed by atoms with Gasteiger partial charge in [-0.1, -0.05) is 5.16 Å². The van der Waals surface area contributed by atoms with Crippen LogP contribution in [0.5, 0.6) is 0 Å². The van der Waals surface area contributed by atoms with Crippen molar-refractivity contribution in [1.82, 2.24) is 10.1 Å². The maximum absolute atomic E-state index is 5.59. The molecule has 5 heteroatoms. The van der Waals surface area contributed by atoms with E-state index in [1.165, 1.54) is 38.5 Å². The first-order valence-electron chi connectivity index (χ1n) is 8.85. The summed E-state index contributed by atoms with van der Waals surface area (Å²) < 4.78 is 16.7. The van der Waals surface area contributed by atoms with E-state index in [1.54, 1.807) is 0 Å². The van der Waals surface area contributed by atoms with Crippen molar-refractivity contribution in [3.63, 3.8) is 0 Å². The highest BCUT2D eigenvalue weighted by molar-refractivity contribution is 5.16. The summed E-state index contributed by atoms with van der Waals surface area (Å²) in [6.45, 7) is 1.53. The molecule has 0 radical (unpaired) electrons. The Morgan fingerprint density at radius 3 is 2.23 bits per heavy atom. The highest BCUT2D eigenvalue weighted by Crippen LogP contribution is 2.60. The number of hydrogen-bond acceptors (Lipinski definition) is 5. The van der Waals surface area contributed by atoms with Gasteiger partial charge in [0.05, 0.1) is 19.6 Å². The SMILES string of the molecule is C1COC(Cc2nc(C34CC5CC(CC(C5)C3)C4)no2)OC1. The van der Waals surface area contributed by atoms with Crippen molar-refractivity contribution in [2.24, 2.45) is 17.8 Å². The van der Waals surface area contributed by atoms with E-state index in [0.29, 0.717) is 12.3 Å². The predicted octanol–water partition coefficient (Wildman–Crippen LogP) is 2.84. The second-order valence-electron chi connectivity index (χ2n) is 7.94. The van der Waals surface area contributed by atoms with Crippen LogP contribution in [0.25, 0.3) is 0 Å². The van der Waals surface area contributed by atoms with E-state index in [9.17, 15) is 0 Å². The molecule has 0 aromatic carbocycles. The maximum atomic E-state index is 5.59. The second-order valence-corrected chi connectivity index (χ2v) is 7.94. The van der Waals surface area contributed by atoms with Crippen molar-refractivity contribution in [2.75, 3.05) is 13.2 Å². The van der Waals surface area contributed by atoms with Gasteiger partial charge >= 0.3 is 0 Å². The molecule has 5 nitrogen and oxygen atoms in total. The fourth-order valence-electron chi connectivity index (χ4n) is 5.73. The number of aromatic nitrogens is 2. The summed E-state index contributed by atoms with van der Waals surface area (Å²) in [7, 11) is 0. The summed E-state index contributed by atoms with van der Waals surface area (Å²) in [5, 5.41) is 4.37. The van der Waals surface area contributed by atoms with E-state index in [0.717, 1.165) is 43.2 Å². The van der Waals surface area contributed by atoms with E-state index < -0.39 is 0 Å². The second kappa shape index (κ2) is 5.03. The molecule has 0 spiro atoms. The quantitative estimate of drug-likeness (QED) is 0.859. The normalized spacial score (nSPS) is 41.2. The minimum Gasteiger partial charge on any atom is -0.352 e. The van der Waals surface area contributed by atoms with E-state index in [4.69, 9.17) is 19.0 Å². The maximum Gasteiger partial charge on any atom is 0.231 e. The molecule has 22 heavy (non-hydrogen) atoms. The first-order valence-corrected chi connectivity index (χ1v) is 8.85. The molecule has 1 aromatic heterocycles. The zero-order valence-corrected chi connectivity index (χ0v) is 13.0. The molecule has 120 valence electrons. The molecule has 1 aliphatic heterocycles. The van der Waals surface area contributed by atoms with Gasteiger partial charge in [-0.25, -0.2) is 0 Å². The molecule has 5 aliphatic rings. The lowest BCUT2D eigenvalue weighted by molar-refractivity contribution is -0.179. The minimum absolute atomic E-state index is 0.210. The lowest BCUT2D eigenvalue weighted by Gasteiger charge is -2.55. The summed E-state index contributed by atoms with van der Waals surface area (Å²) in [5.74, 6) is 4.35. The molecule has 5 fully saturated rings. The Balaban J connectivity index is 1.35. The van der Waals surface area contributed by atoms with Gasteiger partial charge in [0.1, 0.15) is 0 Å². The zero-order chi connectivity index (χ0) is 14.6. The molecule has 1 saturated heterocycles. The highest BCUT2D eigenvalue weighted by Gasteiger charge is 2.53. The first kappa shape index (κ1) is 13.5. The van der Waals surface area contributed by atoms with Crippen molar-refractivity contribution < 1.29 is 14.0 Å². The molecule has 1 aromatic rings. The van der Waals surface area contributed by atoms with Gasteiger partial charge in [-0.3, -0.25) is 0 Å². The van der Waals surface area contributed by atoms with Crippen molar-refractivity contribution >= 4 is 0 Å². The summed E-state index contributed by atoms with van der Waals surface area (Å²) >= 11 is 0. The lowest BCUT2D eigenvalue weighted by atomic mass is 9.49. The molecule has 0 unspecified atom stereocenters. The van der Waals surface area contributed by atoms with Crippen LogP contribution < -0.4 is 0 Å². The summed E-state index contributed by atoms with van der Waals surface area (Å²) in [4.78, 5) is 4.76. The lowest BCUT2D eigenvalue weighted by Crippen LogP contribution is -2.49. The van der Waals surface area contributed by atoms with Crippen LogP contribution in [-0.2, 0) is 21.3 Å². The fourth-order valence-corrected chi connectivity index (χ4v) is 5.73. The van der Waals surface area contributed by atoms with Crippen LogP contribution in [0.4, 0.5) is 0 Å². The Kier molecular flexibility index (Phi) is 3.09. The Morgan fingerprint density at radius 1 is 0.955 bits per heavy atom. The van der Waals surface area contributed by atoms with Crippen molar-refractivity contribution in [3.8, 4) is 0 Å². The number of nitrogens with zero attached hydrogens (tertiary/aromatic N) is 2. The van der Waals surface area contributed by atoms with E-state index in [-0.39, 0.29) is 11.7 Å². The van der Waals surface area contributed by atoms with E-state index in [1.807, 2.05) is 0 Å². The third kappa shape index (κ3) is 2.21. The third-order valence-corrected chi connectivity index (χ3v) is 6.22. The van der Waals surface area contributed by atoms with Gasteiger partial charge in [0.25, 0.3) is 0 Å². The Hall–Kier alpha value is -0.940. The van der Waals surface area contributed by atoms with E-state index in [2.05, 4.69) is 5.16 Å². The van der Waals surface area contributed by atoms with Crippen LogP contribution in [0.3, 0.4) is 0 Å².